The third kappa shape index (κ3) is 2.78. The van der Waals surface area contributed by atoms with Crippen molar-refractivity contribution in [3.8, 4) is 28.6 Å². The van der Waals surface area contributed by atoms with Crippen LogP contribution in [0.1, 0.15) is 19.9 Å². The largest absolute Gasteiger partial charge is 0.497 e. The Morgan fingerprint density at radius 2 is 1.92 bits per heavy atom. The maximum Gasteiger partial charge on any atom is 0.258 e. The minimum atomic E-state index is 0.424. The average molecular weight is 333 g/mol. The lowest BCUT2D eigenvalue weighted by molar-refractivity contribution is 0.413. The Labute approximate surface area is 145 Å². The second kappa shape index (κ2) is 6.09. The number of aromatic nitrogens is 3. The summed E-state index contributed by atoms with van der Waals surface area (Å²) in [6.07, 6.45) is 2.11. The maximum absolute atomic E-state index is 5.44. The molecule has 126 valence electrons. The van der Waals surface area contributed by atoms with Crippen molar-refractivity contribution in [1.29, 1.82) is 0 Å². The highest BCUT2D eigenvalue weighted by molar-refractivity contribution is 5.84. The van der Waals surface area contributed by atoms with Crippen LogP contribution in [-0.4, -0.2) is 21.8 Å². The van der Waals surface area contributed by atoms with Crippen LogP contribution in [-0.2, 0) is 0 Å². The summed E-state index contributed by atoms with van der Waals surface area (Å²) in [5.74, 6) is 1.82. The van der Waals surface area contributed by atoms with Crippen LogP contribution in [0.25, 0.3) is 33.7 Å². The molecule has 0 fully saturated rings. The second-order valence-electron chi connectivity index (χ2n) is 6.25. The zero-order chi connectivity index (χ0) is 17.4. The van der Waals surface area contributed by atoms with Crippen LogP contribution in [0, 0.1) is 0 Å². The summed E-state index contributed by atoms with van der Waals surface area (Å²) in [5, 5.41) is 5.30. The van der Waals surface area contributed by atoms with E-state index in [4.69, 9.17) is 9.26 Å². The van der Waals surface area contributed by atoms with E-state index in [0.717, 1.165) is 16.9 Å². The van der Waals surface area contributed by atoms with E-state index in [1.165, 1.54) is 10.9 Å². The van der Waals surface area contributed by atoms with Crippen molar-refractivity contribution >= 4 is 10.9 Å². The average Bonchev–Trinajstić information content (AvgIpc) is 3.28. The lowest BCUT2D eigenvalue weighted by atomic mass is 10.1. The Morgan fingerprint density at radius 3 is 2.72 bits per heavy atom. The summed E-state index contributed by atoms with van der Waals surface area (Å²) in [6, 6.07) is 16.3. The molecule has 2 aromatic carbocycles. The molecular weight excluding hydrogens is 314 g/mol. The lowest BCUT2D eigenvalue weighted by Gasteiger charge is -2.09. The quantitative estimate of drug-likeness (QED) is 0.530. The number of hydrogen-bond donors (Lipinski definition) is 0. The molecule has 0 bridgehead atoms. The van der Waals surface area contributed by atoms with Crippen molar-refractivity contribution in [2.45, 2.75) is 19.9 Å². The molecule has 0 saturated carbocycles. The van der Waals surface area contributed by atoms with E-state index in [-0.39, 0.29) is 0 Å². The van der Waals surface area contributed by atoms with Gasteiger partial charge in [0, 0.05) is 34.3 Å². The van der Waals surface area contributed by atoms with E-state index in [0.29, 0.717) is 17.8 Å². The minimum absolute atomic E-state index is 0.424. The second-order valence-corrected chi connectivity index (χ2v) is 6.25. The summed E-state index contributed by atoms with van der Waals surface area (Å²) >= 11 is 0. The number of hydrogen-bond acceptors (Lipinski definition) is 4. The Kier molecular flexibility index (Phi) is 3.76. The third-order valence-corrected chi connectivity index (χ3v) is 4.28. The molecule has 0 N–H and O–H groups in total. The Balaban J connectivity index is 1.71. The highest BCUT2D eigenvalue weighted by Crippen LogP contribution is 2.28. The van der Waals surface area contributed by atoms with Crippen LogP contribution < -0.4 is 4.74 Å². The molecule has 2 heterocycles. The molecule has 4 rings (SSSR count). The van der Waals surface area contributed by atoms with Gasteiger partial charge in [-0.15, -0.1) is 0 Å². The van der Waals surface area contributed by atoms with Gasteiger partial charge in [-0.25, -0.2) is 0 Å². The summed E-state index contributed by atoms with van der Waals surface area (Å²) < 4.78 is 12.9. The van der Waals surface area contributed by atoms with Crippen LogP contribution >= 0.6 is 0 Å². The number of benzene rings is 2. The smallest absolute Gasteiger partial charge is 0.258 e. The predicted octanol–water partition coefficient (Wildman–Crippen LogP) is 4.95. The maximum atomic E-state index is 5.44. The normalized spacial score (nSPS) is 11.4. The number of nitrogens with zero attached hydrogens (tertiary/aromatic N) is 3. The Morgan fingerprint density at radius 1 is 1.04 bits per heavy atom. The molecule has 0 atom stereocenters. The predicted molar refractivity (Wildman–Crippen MR) is 97.6 cm³/mol. The number of fused-ring (bicyclic) bond motifs is 1. The zero-order valence-electron chi connectivity index (χ0n) is 14.4. The molecule has 0 unspecified atom stereocenters. The number of methoxy groups -OCH3 is 1. The van der Waals surface area contributed by atoms with Gasteiger partial charge in [-0.2, -0.15) is 4.98 Å². The Hall–Kier alpha value is -3.08. The molecule has 0 aliphatic rings. The Bertz CT molecular complexity index is 1030. The SMILES string of the molecule is COc1cccc(-c2nc(-c3ccc4c(ccn4C(C)C)c3)no2)c1. The van der Waals surface area contributed by atoms with E-state index in [1.807, 2.05) is 30.3 Å². The summed E-state index contributed by atoms with van der Waals surface area (Å²) in [6.45, 7) is 4.35. The van der Waals surface area contributed by atoms with Crippen LogP contribution in [0.15, 0.2) is 59.3 Å². The van der Waals surface area contributed by atoms with Gasteiger partial charge in [-0.3, -0.25) is 0 Å². The molecule has 0 saturated heterocycles. The van der Waals surface area contributed by atoms with Gasteiger partial charge in [0.1, 0.15) is 5.75 Å². The zero-order valence-corrected chi connectivity index (χ0v) is 14.4. The van der Waals surface area contributed by atoms with Crippen molar-refractivity contribution in [2.24, 2.45) is 0 Å². The molecule has 25 heavy (non-hydrogen) atoms. The first-order valence-corrected chi connectivity index (χ1v) is 8.25. The third-order valence-electron chi connectivity index (χ3n) is 4.28. The first kappa shape index (κ1) is 15.4. The van der Waals surface area contributed by atoms with E-state index in [1.54, 1.807) is 7.11 Å². The van der Waals surface area contributed by atoms with Crippen LogP contribution in [0.4, 0.5) is 0 Å². The van der Waals surface area contributed by atoms with Crippen LogP contribution in [0.5, 0.6) is 5.75 Å². The first-order valence-electron chi connectivity index (χ1n) is 8.25. The van der Waals surface area contributed by atoms with Crippen molar-refractivity contribution in [3.05, 3.63) is 54.7 Å². The fourth-order valence-electron chi connectivity index (χ4n) is 2.97. The fraction of sp³-hybridized carbons (Fsp3) is 0.200. The number of ether oxygens (including phenoxy) is 1. The minimum Gasteiger partial charge on any atom is -0.497 e. The van der Waals surface area contributed by atoms with Gasteiger partial charge in [0.25, 0.3) is 5.89 Å². The van der Waals surface area contributed by atoms with Gasteiger partial charge in [-0.1, -0.05) is 11.2 Å². The first-order chi connectivity index (χ1) is 12.2. The van der Waals surface area contributed by atoms with Crippen molar-refractivity contribution < 1.29 is 9.26 Å². The van der Waals surface area contributed by atoms with E-state index < -0.39 is 0 Å². The van der Waals surface area contributed by atoms with Gasteiger partial charge < -0.3 is 13.8 Å². The van der Waals surface area contributed by atoms with Gasteiger partial charge in [0.15, 0.2) is 0 Å². The summed E-state index contributed by atoms with van der Waals surface area (Å²) in [5.41, 5.74) is 2.98. The monoisotopic (exact) mass is 333 g/mol. The standard InChI is InChI=1S/C20H19N3O2/c1-13(2)23-10-9-14-11-15(7-8-18(14)23)19-21-20(25-22-19)16-5-4-6-17(12-16)24-3/h4-13H,1-3H3. The molecule has 0 spiro atoms. The molecule has 0 radical (unpaired) electrons. The van der Waals surface area contributed by atoms with Crippen LogP contribution in [0.2, 0.25) is 0 Å². The fourth-order valence-corrected chi connectivity index (χ4v) is 2.97. The molecule has 0 amide bonds. The molecular formula is C20H19N3O2. The van der Waals surface area contributed by atoms with E-state index >= 15 is 0 Å². The van der Waals surface area contributed by atoms with Gasteiger partial charge in [-0.05, 0) is 56.3 Å². The summed E-state index contributed by atoms with van der Waals surface area (Å²) in [7, 11) is 1.64. The van der Waals surface area contributed by atoms with Crippen molar-refractivity contribution in [2.75, 3.05) is 7.11 Å². The van der Waals surface area contributed by atoms with E-state index in [2.05, 4.69) is 53.0 Å². The molecule has 0 aliphatic heterocycles. The molecule has 5 nitrogen and oxygen atoms in total. The van der Waals surface area contributed by atoms with Crippen molar-refractivity contribution in [1.82, 2.24) is 14.7 Å². The van der Waals surface area contributed by atoms with Gasteiger partial charge in [0.05, 0.1) is 7.11 Å². The van der Waals surface area contributed by atoms with Gasteiger partial charge >= 0.3 is 0 Å². The summed E-state index contributed by atoms with van der Waals surface area (Å²) in [4.78, 5) is 4.53. The molecule has 2 aromatic heterocycles. The topological polar surface area (TPSA) is 53.1 Å². The molecule has 0 aliphatic carbocycles. The van der Waals surface area contributed by atoms with Crippen LogP contribution in [0.3, 0.4) is 0 Å². The van der Waals surface area contributed by atoms with E-state index in [9.17, 15) is 0 Å². The number of rotatable bonds is 4. The highest BCUT2D eigenvalue weighted by Gasteiger charge is 2.13. The van der Waals surface area contributed by atoms with Crippen molar-refractivity contribution in [3.63, 3.8) is 0 Å². The lowest BCUT2D eigenvalue weighted by Crippen LogP contribution is -1.97. The highest BCUT2D eigenvalue weighted by atomic mass is 16.5. The molecule has 4 aromatic rings. The van der Waals surface area contributed by atoms with Gasteiger partial charge in [0.2, 0.25) is 5.82 Å². The molecule has 5 heteroatoms.